The number of β-amino-alcohol motifs (C(OH)–C–C–N with tert-alkyl or cyclic N) is 1. The summed E-state index contributed by atoms with van der Waals surface area (Å²) in [6.07, 6.45) is 2.56. The first kappa shape index (κ1) is 22.0. The first-order chi connectivity index (χ1) is 14.2. The summed E-state index contributed by atoms with van der Waals surface area (Å²) in [5.41, 5.74) is 1.51. The Bertz CT molecular complexity index is 858. The number of benzene rings is 1. The molecule has 1 aromatic heterocycles. The van der Waals surface area contributed by atoms with Gasteiger partial charge in [-0.1, -0.05) is 45.0 Å². The number of nitrogens with zero attached hydrogens (tertiary/aromatic N) is 2. The number of carbonyl (C=O) groups excluding carboxylic acids is 2. The number of hydrogen-bond acceptors (Lipinski definition) is 6. The van der Waals surface area contributed by atoms with Gasteiger partial charge in [-0.25, -0.2) is 4.98 Å². The quantitative estimate of drug-likeness (QED) is 0.662. The topological polar surface area (TPSA) is 108 Å². The van der Waals surface area contributed by atoms with Gasteiger partial charge in [0, 0.05) is 25.1 Å². The van der Waals surface area contributed by atoms with Gasteiger partial charge >= 0.3 is 0 Å². The van der Waals surface area contributed by atoms with Crippen LogP contribution >= 0.6 is 0 Å². The fourth-order valence-electron chi connectivity index (χ4n) is 3.85. The van der Waals surface area contributed by atoms with Gasteiger partial charge in [-0.3, -0.25) is 9.59 Å². The van der Waals surface area contributed by atoms with Crippen LogP contribution in [0.25, 0.3) is 11.3 Å². The average Bonchev–Trinajstić information content (AvgIpc) is 3.35. The molecule has 1 aliphatic rings. The van der Waals surface area contributed by atoms with E-state index >= 15 is 0 Å². The van der Waals surface area contributed by atoms with Crippen LogP contribution in [-0.4, -0.2) is 58.6 Å². The van der Waals surface area contributed by atoms with Crippen LogP contribution < -0.4 is 10.6 Å². The Kier molecular flexibility index (Phi) is 6.58. The summed E-state index contributed by atoms with van der Waals surface area (Å²) in [6.45, 7) is 6.40. The molecule has 1 saturated heterocycles. The van der Waals surface area contributed by atoms with Crippen LogP contribution in [0.1, 0.15) is 32.8 Å². The molecule has 0 bridgehead atoms. The van der Waals surface area contributed by atoms with Crippen LogP contribution in [-0.2, 0) is 16.1 Å². The van der Waals surface area contributed by atoms with Gasteiger partial charge in [0.15, 0.2) is 12.2 Å². The molecule has 1 aromatic carbocycles. The monoisotopic (exact) mass is 414 g/mol. The van der Waals surface area contributed by atoms with Crippen molar-refractivity contribution in [3.05, 3.63) is 42.4 Å². The van der Waals surface area contributed by atoms with E-state index in [1.165, 1.54) is 11.3 Å². The number of aliphatic hydroxyl groups excluding tert-OH is 1. The molecule has 2 amide bonds. The maximum Gasteiger partial charge on any atom is 0.243 e. The lowest BCUT2D eigenvalue weighted by atomic mass is 9.86. The summed E-state index contributed by atoms with van der Waals surface area (Å²) in [6, 6.07) is 6.49. The van der Waals surface area contributed by atoms with E-state index in [2.05, 4.69) is 15.6 Å². The molecule has 0 unspecified atom stereocenters. The number of likely N-dealkylation sites (N-methyl/N-ethyl adjacent to an activating group) is 1. The molecular weight excluding hydrogens is 384 g/mol. The van der Waals surface area contributed by atoms with Gasteiger partial charge in [0.05, 0.1) is 18.3 Å². The lowest BCUT2D eigenvalue weighted by Crippen LogP contribution is -2.55. The molecule has 0 aliphatic carbocycles. The Labute approximate surface area is 176 Å². The predicted molar refractivity (Wildman–Crippen MR) is 112 cm³/mol. The molecule has 2 heterocycles. The third kappa shape index (κ3) is 4.88. The molecule has 30 heavy (non-hydrogen) atoms. The normalized spacial score (nSPS) is 20.2. The van der Waals surface area contributed by atoms with Crippen molar-refractivity contribution in [2.75, 3.05) is 13.6 Å². The Morgan fingerprint density at radius 3 is 2.57 bits per heavy atom. The highest BCUT2D eigenvalue weighted by molar-refractivity contribution is 5.91. The molecular formula is C22H30N4O4. The molecule has 2 aromatic rings. The highest BCUT2D eigenvalue weighted by atomic mass is 16.3. The zero-order chi connectivity index (χ0) is 21.9. The van der Waals surface area contributed by atoms with Crippen LogP contribution in [0.4, 0.5) is 0 Å². The Morgan fingerprint density at radius 1 is 1.30 bits per heavy atom. The van der Waals surface area contributed by atoms with Crippen molar-refractivity contribution >= 4 is 11.8 Å². The summed E-state index contributed by atoms with van der Waals surface area (Å²) in [7, 11) is 1.73. The number of likely N-dealkylation sites (tertiary alicyclic amines) is 1. The van der Waals surface area contributed by atoms with Crippen molar-refractivity contribution in [2.24, 2.45) is 5.41 Å². The molecule has 3 rings (SSSR count). The minimum Gasteiger partial charge on any atom is -0.444 e. The number of nitrogens with one attached hydrogen (secondary N) is 2. The third-order valence-corrected chi connectivity index (χ3v) is 5.40. The van der Waals surface area contributed by atoms with Crippen molar-refractivity contribution in [3.8, 4) is 11.3 Å². The number of oxazole rings is 1. The summed E-state index contributed by atoms with van der Waals surface area (Å²) in [5, 5.41) is 16.1. The zero-order valence-corrected chi connectivity index (χ0v) is 17.9. The fourth-order valence-corrected chi connectivity index (χ4v) is 3.85. The second kappa shape index (κ2) is 8.97. The number of carbonyl (C=O) groups is 2. The van der Waals surface area contributed by atoms with Crippen LogP contribution in [0, 0.1) is 5.41 Å². The maximum atomic E-state index is 13.1. The molecule has 0 spiro atoms. The van der Waals surface area contributed by atoms with Crippen LogP contribution in [0.5, 0.6) is 0 Å². The standard InChI is InChI=1S/C22H30N4O4/c1-22(2,3)19(23-4)21(29)26-12-16(27)9-17(26)20(28)25-10-14-5-7-15(8-6-14)18-11-24-13-30-18/h5-8,11,13,16-17,19,23,27H,9-10,12H2,1-4H3,(H,25,28)/t16-,17+,19-/m1/s1. The minimum absolute atomic E-state index is 0.164. The lowest BCUT2D eigenvalue weighted by Gasteiger charge is -2.34. The fraction of sp³-hybridized carbons (Fsp3) is 0.500. The van der Waals surface area contributed by atoms with Gasteiger partial charge in [0.25, 0.3) is 0 Å². The summed E-state index contributed by atoms with van der Waals surface area (Å²) in [4.78, 5) is 31.3. The summed E-state index contributed by atoms with van der Waals surface area (Å²) < 4.78 is 5.27. The number of amides is 2. The second-order valence-electron chi connectivity index (χ2n) is 8.76. The predicted octanol–water partition coefficient (Wildman–Crippen LogP) is 1.55. The Morgan fingerprint density at radius 2 is 2.00 bits per heavy atom. The number of hydrogen-bond donors (Lipinski definition) is 3. The molecule has 1 fully saturated rings. The van der Waals surface area contributed by atoms with E-state index in [0.717, 1.165) is 11.1 Å². The molecule has 1 aliphatic heterocycles. The van der Waals surface area contributed by atoms with E-state index in [1.54, 1.807) is 13.2 Å². The lowest BCUT2D eigenvalue weighted by molar-refractivity contribution is -0.142. The van der Waals surface area contributed by atoms with Crippen molar-refractivity contribution in [2.45, 2.75) is 51.9 Å². The second-order valence-corrected chi connectivity index (χ2v) is 8.76. The van der Waals surface area contributed by atoms with E-state index in [9.17, 15) is 14.7 Å². The van der Waals surface area contributed by atoms with Gasteiger partial charge in [-0.15, -0.1) is 0 Å². The highest BCUT2D eigenvalue weighted by Crippen LogP contribution is 2.26. The van der Waals surface area contributed by atoms with Gasteiger partial charge in [-0.2, -0.15) is 0 Å². The van der Waals surface area contributed by atoms with Crippen molar-refractivity contribution in [3.63, 3.8) is 0 Å². The Hall–Kier alpha value is -2.71. The van der Waals surface area contributed by atoms with Gasteiger partial charge in [0.1, 0.15) is 6.04 Å². The van der Waals surface area contributed by atoms with E-state index in [1.807, 2.05) is 45.0 Å². The van der Waals surface area contributed by atoms with Gasteiger partial charge in [-0.05, 0) is 18.0 Å². The third-order valence-electron chi connectivity index (χ3n) is 5.40. The van der Waals surface area contributed by atoms with Crippen LogP contribution in [0.3, 0.4) is 0 Å². The highest BCUT2D eigenvalue weighted by Gasteiger charge is 2.43. The van der Waals surface area contributed by atoms with E-state index < -0.39 is 18.2 Å². The molecule has 3 atom stereocenters. The zero-order valence-electron chi connectivity index (χ0n) is 17.9. The SMILES string of the molecule is CN[C@H](C(=O)N1C[C@H](O)C[C@H]1C(=O)NCc1ccc(-c2cnco2)cc1)C(C)(C)C. The van der Waals surface area contributed by atoms with E-state index in [-0.39, 0.29) is 30.2 Å². The van der Waals surface area contributed by atoms with E-state index in [4.69, 9.17) is 4.42 Å². The van der Waals surface area contributed by atoms with Gasteiger partial charge in [0.2, 0.25) is 11.8 Å². The van der Waals surface area contributed by atoms with Crippen molar-refractivity contribution in [1.29, 1.82) is 0 Å². The number of aliphatic hydroxyl groups is 1. The first-order valence-corrected chi connectivity index (χ1v) is 10.1. The number of aromatic nitrogens is 1. The molecule has 0 radical (unpaired) electrons. The van der Waals surface area contributed by atoms with Crippen LogP contribution in [0.15, 0.2) is 41.3 Å². The molecule has 8 nitrogen and oxygen atoms in total. The van der Waals surface area contributed by atoms with Gasteiger partial charge < -0.3 is 25.1 Å². The summed E-state index contributed by atoms with van der Waals surface area (Å²) >= 11 is 0. The average molecular weight is 415 g/mol. The Balaban J connectivity index is 1.64. The molecule has 162 valence electrons. The molecule has 3 N–H and O–H groups in total. The van der Waals surface area contributed by atoms with E-state index in [0.29, 0.717) is 12.3 Å². The number of rotatable bonds is 6. The van der Waals surface area contributed by atoms with Crippen LogP contribution in [0.2, 0.25) is 0 Å². The first-order valence-electron chi connectivity index (χ1n) is 10.1. The largest absolute Gasteiger partial charge is 0.444 e. The summed E-state index contributed by atoms with van der Waals surface area (Å²) in [5.74, 6) is 0.249. The molecule has 8 heteroatoms. The smallest absolute Gasteiger partial charge is 0.243 e. The maximum absolute atomic E-state index is 13.1. The van der Waals surface area contributed by atoms with Crippen molar-refractivity contribution < 1.29 is 19.1 Å². The molecule has 0 saturated carbocycles. The van der Waals surface area contributed by atoms with Crippen molar-refractivity contribution in [1.82, 2.24) is 20.5 Å². The minimum atomic E-state index is -0.705.